The van der Waals surface area contributed by atoms with Crippen molar-refractivity contribution < 1.29 is 19.8 Å². The Morgan fingerprint density at radius 3 is 2.42 bits per heavy atom. The van der Waals surface area contributed by atoms with Gasteiger partial charge in [0.05, 0.1) is 18.6 Å². The molecule has 110 valence electrons. The minimum absolute atomic E-state index is 0.0549. The average molecular weight is 272 g/mol. The number of hydrogen-bond acceptors (Lipinski definition) is 3. The number of urea groups is 1. The van der Waals surface area contributed by atoms with Crippen LogP contribution in [0.4, 0.5) is 4.79 Å². The maximum atomic E-state index is 12.3. The number of carboxylic acid groups (broad SMARTS) is 1. The zero-order valence-electron chi connectivity index (χ0n) is 11.7. The highest BCUT2D eigenvalue weighted by molar-refractivity contribution is 5.75. The SMILES string of the molecule is CCN(CCC(=O)O)C(=O)N(C)C1CCCCC1O. The first-order chi connectivity index (χ1) is 8.97. The van der Waals surface area contributed by atoms with Crippen LogP contribution in [-0.4, -0.2) is 64.3 Å². The topological polar surface area (TPSA) is 81.1 Å². The number of nitrogens with zero attached hydrogens (tertiary/aromatic N) is 2. The van der Waals surface area contributed by atoms with E-state index in [1.165, 1.54) is 4.90 Å². The van der Waals surface area contributed by atoms with E-state index in [-0.39, 0.29) is 25.0 Å². The molecule has 6 nitrogen and oxygen atoms in total. The van der Waals surface area contributed by atoms with Crippen LogP contribution in [-0.2, 0) is 4.79 Å². The Hall–Kier alpha value is -1.30. The summed E-state index contributed by atoms with van der Waals surface area (Å²) in [5, 5.41) is 18.6. The van der Waals surface area contributed by atoms with Crippen molar-refractivity contribution in [3.63, 3.8) is 0 Å². The molecule has 0 spiro atoms. The second kappa shape index (κ2) is 7.33. The third-order valence-electron chi connectivity index (χ3n) is 3.74. The van der Waals surface area contributed by atoms with Crippen LogP contribution >= 0.6 is 0 Å². The van der Waals surface area contributed by atoms with Crippen molar-refractivity contribution in [2.75, 3.05) is 20.1 Å². The summed E-state index contributed by atoms with van der Waals surface area (Å²) < 4.78 is 0. The van der Waals surface area contributed by atoms with Crippen LogP contribution < -0.4 is 0 Å². The molecule has 0 heterocycles. The number of aliphatic carboxylic acids is 1. The van der Waals surface area contributed by atoms with Gasteiger partial charge in [-0.25, -0.2) is 4.79 Å². The van der Waals surface area contributed by atoms with Crippen LogP contribution in [0.15, 0.2) is 0 Å². The second-order valence-electron chi connectivity index (χ2n) is 5.04. The van der Waals surface area contributed by atoms with Gasteiger partial charge in [-0.15, -0.1) is 0 Å². The lowest BCUT2D eigenvalue weighted by Crippen LogP contribution is -2.51. The van der Waals surface area contributed by atoms with Gasteiger partial charge in [-0.2, -0.15) is 0 Å². The fourth-order valence-electron chi connectivity index (χ4n) is 2.53. The third kappa shape index (κ3) is 4.38. The van der Waals surface area contributed by atoms with E-state index in [0.717, 1.165) is 25.7 Å². The lowest BCUT2D eigenvalue weighted by Gasteiger charge is -2.37. The normalized spacial score (nSPS) is 22.9. The summed E-state index contributed by atoms with van der Waals surface area (Å²) in [6, 6.07) is -0.352. The van der Waals surface area contributed by atoms with Crippen LogP contribution in [0.2, 0.25) is 0 Å². The average Bonchev–Trinajstić information content (AvgIpc) is 2.38. The minimum atomic E-state index is -0.911. The summed E-state index contributed by atoms with van der Waals surface area (Å²) in [6.45, 7) is 2.50. The summed E-state index contributed by atoms with van der Waals surface area (Å²) in [4.78, 5) is 25.9. The Balaban J connectivity index is 2.59. The molecule has 2 amide bonds. The summed E-state index contributed by atoms with van der Waals surface area (Å²) >= 11 is 0. The van der Waals surface area contributed by atoms with Crippen LogP contribution in [0.1, 0.15) is 39.0 Å². The van der Waals surface area contributed by atoms with Crippen molar-refractivity contribution in [2.24, 2.45) is 0 Å². The van der Waals surface area contributed by atoms with E-state index in [2.05, 4.69) is 0 Å². The van der Waals surface area contributed by atoms with Crippen molar-refractivity contribution >= 4 is 12.0 Å². The third-order valence-corrected chi connectivity index (χ3v) is 3.74. The molecule has 1 aliphatic carbocycles. The quantitative estimate of drug-likeness (QED) is 0.786. The lowest BCUT2D eigenvalue weighted by atomic mass is 9.92. The van der Waals surface area contributed by atoms with Gasteiger partial charge in [0.15, 0.2) is 0 Å². The molecule has 0 saturated heterocycles. The number of aliphatic hydroxyl groups excluding tert-OH is 1. The number of carboxylic acids is 1. The van der Waals surface area contributed by atoms with Gasteiger partial charge in [-0.3, -0.25) is 4.79 Å². The molecule has 2 unspecified atom stereocenters. The molecule has 2 atom stereocenters. The van der Waals surface area contributed by atoms with Crippen LogP contribution in [0.25, 0.3) is 0 Å². The Morgan fingerprint density at radius 2 is 1.89 bits per heavy atom. The van der Waals surface area contributed by atoms with Crippen molar-refractivity contribution in [3.8, 4) is 0 Å². The number of carbonyl (C=O) groups is 2. The monoisotopic (exact) mass is 272 g/mol. The van der Waals surface area contributed by atoms with Crippen molar-refractivity contribution in [1.29, 1.82) is 0 Å². The lowest BCUT2D eigenvalue weighted by molar-refractivity contribution is -0.137. The van der Waals surface area contributed by atoms with Gasteiger partial charge in [0.25, 0.3) is 0 Å². The Kier molecular flexibility index (Phi) is 6.08. The summed E-state index contributed by atoms with van der Waals surface area (Å²) in [7, 11) is 1.69. The second-order valence-corrected chi connectivity index (χ2v) is 5.04. The summed E-state index contributed by atoms with van der Waals surface area (Å²) in [5.41, 5.74) is 0. The number of amides is 2. The number of hydrogen-bond donors (Lipinski definition) is 2. The molecule has 0 bridgehead atoms. The first kappa shape index (κ1) is 15.8. The minimum Gasteiger partial charge on any atom is -0.481 e. The van der Waals surface area contributed by atoms with E-state index in [0.29, 0.717) is 6.54 Å². The Labute approximate surface area is 114 Å². The van der Waals surface area contributed by atoms with E-state index >= 15 is 0 Å². The highest BCUT2D eigenvalue weighted by Crippen LogP contribution is 2.23. The molecule has 0 aliphatic heterocycles. The Bertz CT molecular complexity index is 322. The zero-order valence-corrected chi connectivity index (χ0v) is 11.7. The van der Waals surface area contributed by atoms with Gasteiger partial charge in [0.1, 0.15) is 0 Å². The molecule has 1 saturated carbocycles. The molecule has 6 heteroatoms. The fourth-order valence-corrected chi connectivity index (χ4v) is 2.53. The first-order valence-corrected chi connectivity index (χ1v) is 6.89. The van der Waals surface area contributed by atoms with Crippen LogP contribution in [0.5, 0.6) is 0 Å². The van der Waals surface area contributed by atoms with E-state index in [9.17, 15) is 14.7 Å². The molecule has 2 N–H and O–H groups in total. The van der Waals surface area contributed by atoms with Crippen molar-refractivity contribution in [3.05, 3.63) is 0 Å². The zero-order chi connectivity index (χ0) is 14.4. The highest BCUT2D eigenvalue weighted by Gasteiger charge is 2.31. The van der Waals surface area contributed by atoms with Gasteiger partial charge in [-0.1, -0.05) is 12.8 Å². The molecule has 0 radical (unpaired) electrons. The van der Waals surface area contributed by atoms with Gasteiger partial charge >= 0.3 is 12.0 Å². The maximum Gasteiger partial charge on any atom is 0.320 e. The number of rotatable bonds is 5. The van der Waals surface area contributed by atoms with Gasteiger partial charge in [0, 0.05) is 20.1 Å². The van der Waals surface area contributed by atoms with Crippen LogP contribution in [0, 0.1) is 0 Å². The van der Waals surface area contributed by atoms with Gasteiger partial charge in [0.2, 0.25) is 0 Å². The van der Waals surface area contributed by atoms with Crippen LogP contribution in [0.3, 0.4) is 0 Å². The van der Waals surface area contributed by atoms with Crippen molar-refractivity contribution in [1.82, 2.24) is 9.80 Å². The van der Waals surface area contributed by atoms with E-state index in [1.54, 1.807) is 11.9 Å². The predicted octanol–water partition coefficient (Wildman–Crippen LogP) is 1.14. The smallest absolute Gasteiger partial charge is 0.320 e. The number of carbonyl (C=O) groups excluding carboxylic acids is 1. The highest BCUT2D eigenvalue weighted by atomic mass is 16.4. The van der Waals surface area contributed by atoms with Gasteiger partial charge < -0.3 is 20.0 Å². The Morgan fingerprint density at radius 1 is 1.26 bits per heavy atom. The molecule has 0 aromatic rings. The van der Waals surface area contributed by atoms with E-state index in [4.69, 9.17) is 5.11 Å². The predicted molar refractivity (Wildman–Crippen MR) is 70.9 cm³/mol. The largest absolute Gasteiger partial charge is 0.481 e. The van der Waals surface area contributed by atoms with Crippen molar-refractivity contribution in [2.45, 2.75) is 51.2 Å². The number of aliphatic hydroxyl groups is 1. The molecule has 19 heavy (non-hydrogen) atoms. The fraction of sp³-hybridized carbons (Fsp3) is 0.846. The summed E-state index contributed by atoms with van der Waals surface area (Å²) in [6.07, 6.45) is 3.02. The van der Waals surface area contributed by atoms with E-state index in [1.807, 2.05) is 6.92 Å². The molecule has 0 aromatic heterocycles. The number of likely N-dealkylation sites (N-methyl/N-ethyl adjacent to an activating group) is 1. The first-order valence-electron chi connectivity index (χ1n) is 6.89. The van der Waals surface area contributed by atoms with Gasteiger partial charge in [-0.05, 0) is 19.8 Å². The van der Waals surface area contributed by atoms with E-state index < -0.39 is 12.1 Å². The molecule has 0 aromatic carbocycles. The molecule has 1 rings (SSSR count). The molecular formula is C13H24N2O4. The standard InChI is InChI=1S/C13H24N2O4/c1-3-15(9-8-12(17)18)13(19)14(2)10-6-4-5-7-11(10)16/h10-11,16H,3-9H2,1-2H3,(H,17,18). The molecule has 1 aliphatic rings. The molecular weight excluding hydrogens is 248 g/mol. The molecule has 1 fully saturated rings. The maximum absolute atomic E-state index is 12.3. The summed E-state index contributed by atoms with van der Waals surface area (Å²) in [5.74, 6) is -0.911.